The molecule has 5 aromatic carbocycles. The van der Waals surface area contributed by atoms with Gasteiger partial charge in [0, 0.05) is 87.6 Å². The molecule has 0 spiro atoms. The number of hydrogen-bond donors (Lipinski definition) is 2. The lowest BCUT2D eigenvalue weighted by Gasteiger charge is -2.35. The van der Waals surface area contributed by atoms with Crippen molar-refractivity contribution in [3.05, 3.63) is 184 Å². The predicted octanol–water partition coefficient (Wildman–Crippen LogP) is 22.6. The Balaban J connectivity index is 1.33. The van der Waals surface area contributed by atoms with Gasteiger partial charge in [-0.15, -0.1) is 0 Å². The van der Waals surface area contributed by atoms with E-state index in [0.717, 1.165) is 146 Å². The Bertz CT molecular complexity index is 3160. The van der Waals surface area contributed by atoms with Crippen LogP contribution in [0.4, 0.5) is 34.1 Å². The number of ketones is 1. The van der Waals surface area contributed by atoms with Gasteiger partial charge < -0.3 is 20.6 Å². The van der Waals surface area contributed by atoms with Crippen molar-refractivity contribution in [3.8, 4) is 0 Å². The maximum Gasteiger partial charge on any atom is 0.227 e. The molecule has 7 rings (SSSR count). The van der Waals surface area contributed by atoms with Gasteiger partial charge in [-0.3, -0.25) is 14.4 Å². The zero-order valence-corrected chi connectivity index (χ0v) is 58.0. The zero-order valence-electron chi connectivity index (χ0n) is 58.0. The molecule has 2 atom stereocenters. The molecule has 0 radical (unpaired) electrons. The highest BCUT2D eigenvalue weighted by Gasteiger charge is 2.36. The quantitative estimate of drug-likeness (QED) is 0.0230. The van der Waals surface area contributed by atoms with Gasteiger partial charge in [0.1, 0.15) is 0 Å². The highest BCUT2D eigenvalue weighted by Crippen LogP contribution is 2.45. The molecule has 92 heavy (non-hydrogen) atoms. The highest BCUT2D eigenvalue weighted by molar-refractivity contribution is 6.40. The number of benzene rings is 5. The van der Waals surface area contributed by atoms with Gasteiger partial charge in [-0.1, -0.05) is 290 Å². The van der Waals surface area contributed by atoms with Crippen LogP contribution in [0.2, 0.25) is 0 Å². The molecule has 2 aliphatic carbocycles. The fourth-order valence-electron chi connectivity index (χ4n) is 13.2. The van der Waals surface area contributed by atoms with Crippen LogP contribution in [-0.2, 0) is 14.4 Å². The third-order valence-corrected chi connectivity index (χ3v) is 19.0. The maximum atomic E-state index is 15.5. The van der Waals surface area contributed by atoms with Crippen molar-refractivity contribution in [1.82, 2.24) is 9.89 Å². The van der Waals surface area contributed by atoms with Crippen LogP contribution in [0.5, 0.6) is 0 Å². The molecular formula is C84H114N4O4. The topological polar surface area (TPSA) is 105 Å². The van der Waals surface area contributed by atoms with Crippen molar-refractivity contribution < 1.29 is 19.5 Å². The minimum atomic E-state index is -0.408. The van der Waals surface area contributed by atoms with Gasteiger partial charge in [0.15, 0.2) is 5.78 Å². The van der Waals surface area contributed by atoms with Gasteiger partial charge in [0.2, 0.25) is 28.9 Å². The second-order valence-corrected chi connectivity index (χ2v) is 26.9. The molecule has 8 nitrogen and oxygen atoms in total. The average Bonchev–Trinajstić information content (AvgIpc) is 0.744. The van der Waals surface area contributed by atoms with E-state index in [1.54, 1.807) is 0 Å². The van der Waals surface area contributed by atoms with Gasteiger partial charge in [-0.25, -0.2) is 0 Å². The van der Waals surface area contributed by atoms with Crippen LogP contribution < -0.4 is 25.2 Å². The monoisotopic (exact) mass is 1240 g/mol. The molecule has 0 saturated carbocycles. The lowest BCUT2D eigenvalue weighted by Crippen LogP contribution is -2.36. The molecular weight excluding hydrogens is 1130 g/mol. The number of allylic oxidation sites excluding steroid dienone is 5. The minimum absolute atomic E-state index is 0.0348. The Morgan fingerprint density at radius 2 is 0.772 bits per heavy atom. The number of aryl methyl sites for hydroxylation is 4. The summed E-state index contributed by atoms with van der Waals surface area (Å²) in [7, 11) is 0. The first-order valence-corrected chi connectivity index (χ1v) is 36.5. The van der Waals surface area contributed by atoms with Crippen LogP contribution in [0.25, 0.3) is 5.57 Å². The van der Waals surface area contributed by atoms with E-state index < -0.39 is 11.5 Å². The lowest BCUT2D eigenvalue weighted by molar-refractivity contribution is -0.297. The number of Topliss-reactive ketones (excluding diaryl/α,β-unsaturated/α-hetero) is 1. The summed E-state index contributed by atoms with van der Waals surface area (Å²) in [5.74, 6) is -1.42. The number of hydrogen-bond acceptors (Lipinski definition) is 5. The van der Waals surface area contributed by atoms with Crippen LogP contribution in [0.1, 0.15) is 261 Å². The number of nitrogens with zero attached hydrogens (tertiary/aromatic N) is 2. The first-order chi connectivity index (χ1) is 44.8. The highest BCUT2D eigenvalue weighted by atomic mass is 16.3. The molecule has 0 bridgehead atoms. The van der Waals surface area contributed by atoms with Crippen molar-refractivity contribution in [1.29, 1.82) is 0 Å². The number of rotatable bonds is 42. The summed E-state index contributed by atoms with van der Waals surface area (Å²) in [4.78, 5) is 48.0. The van der Waals surface area contributed by atoms with Gasteiger partial charge in [-0.05, 0) is 95.9 Å². The number of carbonyl (C=O) groups is 3. The molecule has 494 valence electrons. The molecule has 2 N–H and O–H groups in total. The normalized spacial score (nSPS) is 14.5. The molecule has 5 aromatic rings. The van der Waals surface area contributed by atoms with Crippen LogP contribution in [-0.4, -0.2) is 23.3 Å². The molecule has 8 heteroatoms. The summed E-state index contributed by atoms with van der Waals surface area (Å²) in [5.41, 5.74) is 11.6. The Hall–Kier alpha value is -7.06. The predicted molar refractivity (Wildman–Crippen MR) is 390 cm³/mol. The Labute approximate surface area is 556 Å². The first-order valence-electron chi connectivity index (χ1n) is 36.5. The van der Waals surface area contributed by atoms with Crippen LogP contribution >= 0.6 is 0 Å². The van der Waals surface area contributed by atoms with Gasteiger partial charge in [-0.2, -0.15) is 4.58 Å². The van der Waals surface area contributed by atoms with Gasteiger partial charge in [0.05, 0.1) is 11.4 Å². The molecule has 2 aliphatic rings. The minimum Gasteiger partial charge on any atom is -0.871 e. The summed E-state index contributed by atoms with van der Waals surface area (Å²) < 4.78 is 2.17. The number of nitrogens with one attached hydrogen (secondary N) is 2. The van der Waals surface area contributed by atoms with E-state index in [1.807, 2.05) is 36.4 Å². The average molecular weight is 1240 g/mol. The molecule has 0 aromatic heterocycles. The van der Waals surface area contributed by atoms with Crippen LogP contribution in [0.15, 0.2) is 156 Å². The fourth-order valence-corrected chi connectivity index (χ4v) is 13.2. The number of amides is 2. The first kappa shape index (κ1) is 72.4. The summed E-state index contributed by atoms with van der Waals surface area (Å²) in [6.45, 7) is 17.3. The van der Waals surface area contributed by atoms with Crippen molar-refractivity contribution in [2.45, 2.75) is 261 Å². The summed E-state index contributed by atoms with van der Waals surface area (Å²) in [6.07, 6.45) is 41.6. The second-order valence-electron chi connectivity index (χ2n) is 26.9. The molecule has 0 heterocycles. The standard InChI is InChI=1S/C84H114N4O4/c1-9-13-17-21-25-27-31-35-39-67(37-33-29-23-19-15-11-3)83(91)85-77-61-73(87(69-49-41-63(5)42-50-69)70-51-43-64(6)44-52-70)57-59-75(77)79-81(89)80(82(79)90)76-60-58-74(88(71-53-45-65(7)46-54-71)72-55-47-66(8)48-56-72)62-78(76)86-84(92)68(38-34-30-24-20-16-12-4)40-36-32-28-26-22-18-14-10-2/h41-62,67-68H,9-40H2,1-8H3,(H2,85,86,89,90,91,92). The lowest BCUT2D eigenvalue weighted by atomic mass is 9.78. The molecule has 0 fully saturated rings. The van der Waals surface area contributed by atoms with Gasteiger partial charge >= 0.3 is 0 Å². The van der Waals surface area contributed by atoms with E-state index >= 15 is 19.5 Å². The third kappa shape index (κ3) is 22.0. The van der Waals surface area contributed by atoms with E-state index in [0.29, 0.717) is 22.5 Å². The number of anilines is 4. The Kier molecular flexibility index (Phi) is 31.1. The maximum absolute atomic E-state index is 15.5. The molecule has 2 amide bonds. The molecule has 0 saturated heterocycles. The smallest absolute Gasteiger partial charge is 0.227 e. The van der Waals surface area contributed by atoms with E-state index in [9.17, 15) is 0 Å². The summed E-state index contributed by atoms with van der Waals surface area (Å²) >= 11 is 0. The van der Waals surface area contributed by atoms with E-state index in [2.05, 4.69) is 173 Å². The van der Waals surface area contributed by atoms with Crippen LogP contribution in [0.3, 0.4) is 0 Å². The zero-order chi connectivity index (χ0) is 65.5. The summed E-state index contributed by atoms with van der Waals surface area (Å²) in [6, 6.07) is 39.4. The summed E-state index contributed by atoms with van der Waals surface area (Å²) in [5, 5.41) is 22.3. The van der Waals surface area contributed by atoms with Gasteiger partial charge in [0.25, 0.3) is 0 Å². The number of unbranched alkanes of at least 4 members (excludes halogenated alkanes) is 24. The Morgan fingerprint density at radius 3 is 1.15 bits per heavy atom. The largest absolute Gasteiger partial charge is 0.871 e. The van der Waals surface area contributed by atoms with Crippen molar-refractivity contribution in [2.24, 2.45) is 11.8 Å². The van der Waals surface area contributed by atoms with Crippen molar-refractivity contribution in [2.75, 3.05) is 10.2 Å². The SMILES string of the molecule is CCCCCCCCCCC(CCCCCCCC)C(=O)NC1=CC(=[N+](c2ccc(C)cc2)c2ccc(C)cc2)C=CC1=C1C(=O)C(c2ccc(N(c3ccc(C)cc3)c3ccc(C)cc3)cc2NC(=O)C(CCCCCCCC)CCCCCCCCCC)=C1[O-]. The molecule has 2 unspecified atom stereocenters. The number of carbonyl (C=O) groups excluding carboxylic acids is 3. The fraction of sp³-hybridized carbons (Fsp3) is 0.500. The third-order valence-electron chi connectivity index (χ3n) is 19.0. The Morgan fingerprint density at radius 1 is 0.424 bits per heavy atom. The second kappa shape index (κ2) is 39.5. The van der Waals surface area contributed by atoms with E-state index in [4.69, 9.17) is 0 Å². The van der Waals surface area contributed by atoms with Crippen molar-refractivity contribution in [3.63, 3.8) is 0 Å². The molecule has 0 aliphatic heterocycles. The van der Waals surface area contributed by atoms with Crippen molar-refractivity contribution >= 4 is 63.0 Å². The van der Waals surface area contributed by atoms with Crippen LogP contribution in [0, 0.1) is 39.5 Å². The van der Waals surface area contributed by atoms with E-state index in [1.165, 1.54) is 116 Å². The van der Waals surface area contributed by atoms with E-state index in [-0.39, 0.29) is 34.8 Å².